The number of ether oxygens (including phenoxy) is 1. The molecule has 1 amide bonds. The van der Waals surface area contributed by atoms with Gasteiger partial charge in [-0.05, 0) is 44.9 Å². The van der Waals surface area contributed by atoms with E-state index in [9.17, 15) is 4.79 Å². The van der Waals surface area contributed by atoms with Gasteiger partial charge in [-0.25, -0.2) is 0 Å². The van der Waals surface area contributed by atoms with Crippen molar-refractivity contribution >= 4 is 11.6 Å². The molecule has 0 aliphatic carbocycles. The molecule has 0 aliphatic rings. The van der Waals surface area contributed by atoms with Crippen molar-refractivity contribution in [2.45, 2.75) is 27.7 Å². The predicted molar refractivity (Wildman–Crippen MR) is 84.1 cm³/mol. The summed E-state index contributed by atoms with van der Waals surface area (Å²) in [5.74, 6) is 0.341. The highest BCUT2D eigenvalue weighted by atomic mass is 16.5. The lowest BCUT2D eigenvalue weighted by Crippen LogP contribution is -2.16. The number of methoxy groups -OCH3 is 1. The minimum absolute atomic E-state index is 0.203. The number of nitrogens with one attached hydrogen (secondary N) is 1. The van der Waals surface area contributed by atoms with E-state index in [4.69, 9.17) is 4.74 Å². The quantitative estimate of drug-likeness (QED) is 0.937. The Morgan fingerprint density at radius 3 is 2.57 bits per heavy atom. The summed E-state index contributed by atoms with van der Waals surface area (Å²) in [6, 6.07) is 7.61. The number of anilines is 1. The number of hydrogen-bond donors (Lipinski definition) is 1. The van der Waals surface area contributed by atoms with Crippen molar-refractivity contribution in [1.82, 2.24) is 4.98 Å². The molecule has 0 fully saturated rings. The number of aromatic nitrogens is 1. The second-order valence-corrected chi connectivity index (χ2v) is 5.13. The van der Waals surface area contributed by atoms with Crippen LogP contribution in [0.1, 0.15) is 32.9 Å². The van der Waals surface area contributed by atoms with Gasteiger partial charge in [-0.3, -0.25) is 9.78 Å². The first-order valence-corrected chi connectivity index (χ1v) is 6.84. The van der Waals surface area contributed by atoms with Crippen LogP contribution in [0.5, 0.6) is 5.75 Å². The third-order valence-corrected chi connectivity index (χ3v) is 3.59. The van der Waals surface area contributed by atoms with Crippen LogP contribution in [0.15, 0.2) is 24.3 Å². The van der Waals surface area contributed by atoms with Crippen LogP contribution in [0.25, 0.3) is 0 Å². The summed E-state index contributed by atoms with van der Waals surface area (Å²) >= 11 is 0. The zero-order valence-electron chi connectivity index (χ0n) is 13.1. The van der Waals surface area contributed by atoms with Gasteiger partial charge in [0, 0.05) is 17.4 Å². The minimum Gasteiger partial charge on any atom is -0.496 e. The smallest absolute Gasteiger partial charge is 0.261 e. The van der Waals surface area contributed by atoms with Crippen LogP contribution in [-0.2, 0) is 0 Å². The van der Waals surface area contributed by atoms with Gasteiger partial charge in [0.15, 0.2) is 0 Å². The largest absolute Gasteiger partial charge is 0.496 e. The summed E-state index contributed by atoms with van der Waals surface area (Å²) in [6.45, 7) is 7.70. The Hall–Kier alpha value is -2.36. The number of amides is 1. The fourth-order valence-electron chi connectivity index (χ4n) is 2.30. The summed E-state index contributed by atoms with van der Waals surface area (Å²) in [4.78, 5) is 16.9. The summed E-state index contributed by atoms with van der Waals surface area (Å²) < 4.78 is 5.32. The Bertz CT molecular complexity index is 693. The summed E-state index contributed by atoms with van der Waals surface area (Å²) in [5, 5.41) is 2.94. The molecule has 1 aromatic heterocycles. The van der Waals surface area contributed by atoms with Crippen LogP contribution in [0.3, 0.4) is 0 Å². The summed E-state index contributed by atoms with van der Waals surface area (Å²) in [7, 11) is 1.56. The normalized spacial score (nSPS) is 10.3. The highest BCUT2D eigenvalue weighted by molar-refractivity contribution is 6.07. The van der Waals surface area contributed by atoms with E-state index >= 15 is 0 Å². The van der Waals surface area contributed by atoms with Crippen molar-refractivity contribution in [3.05, 3.63) is 52.3 Å². The zero-order valence-corrected chi connectivity index (χ0v) is 13.1. The predicted octanol–water partition coefficient (Wildman–Crippen LogP) is 3.58. The monoisotopic (exact) mass is 284 g/mol. The van der Waals surface area contributed by atoms with Crippen LogP contribution in [0, 0.1) is 27.7 Å². The lowest BCUT2D eigenvalue weighted by Gasteiger charge is -2.14. The van der Waals surface area contributed by atoms with Gasteiger partial charge in [-0.2, -0.15) is 0 Å². The standard InChI is InChI=1S/C17H20N2O2/c1-10-7-6-8-14(12(10)3)19-17(20)16-13(4)18-11(2)9-15(16)21-5/h6-9H,1-5H3,(H,19,20). The van der Waals surface area contributed by atoms with Crippen molar-refractivity contribution in [2.75, 3.05) is 12.4 Å². The third-order valence-electron chi connectivity index (χ3n) is 3.59. The molecule has 0 aliphatic heterocycles. The summed E-state index contributed by atoms with van der Waals surface area (Å²) in [6.07, 6.45) is 0. The van der Waals surface area contributed by atoms with E-state index in [2.05, 4.69) is 10.3 Å². The number of hydrogen-bond acceptors (Lipinski definition) is 3. The van der Waals surface area contributed by atoms with Gasteiger partial charge >= 0.3 is 0 Å². The number of nitrogens with zero attached hydrogens (tertiary/aromatic N) is 1. The van der Waals surface area contributed by atoms with Crippen molar-refractivity contribution in [2.24, 2.45) is 0 Å². The van der Waals surface area contributed by atoms with E-state index in [1.165, 1.54) is 0 Å². The van der Waals surface area contributed by atoms with E-state index in [-0.39, 0.29) is 5.91 Å². The van der Waals surface area contributed by atoms with Gasteiger partial charge in [0.2, 0.25) is 0 Å². The van der Waals surface area contributed by atoms with Crippen molar-refractivity contribution in [3.63, 3.8) is 0 Å². The van der Waals surface area contributed by atoms with Gasteiger partial charge < -0.3 is 10.1 Å². The van der Waals surface area contributed by atoms with E-state index in [1.807, 2.05) is 45.9 Å². The first kappa shape index (κ1) is 15.0. The molecule has 1 N–H and O–H groups in total. The van der Waals surface area contributed by atoms with Gasteiger partial charge in [-0.1, -0.05) is 12.1 Å². The number of aryl methyl sites for hydroxylation is 3. The molecule has 2 rings (SSSR count). The molecule has 0 bridgehead atoms. The molecule has 4 heteroatoms. The molecule has 0 saturated carbocycles. The van der Waals surface area contributed by atoms with Crippen molar-refractivity contribution < 1.29 is 9.53 Å². The van der Waals surface area contributed by atoms with Crippen LogP contribution in [-0.4, -0.2) is 18.0 Å². The maximum atomic E-state index is 12.6. The van der Waals surface area contributed by atoms with Crippen molar-refractivity contribution in [1.29, 1.82) is 0 Å². The Morgan fingerprint density at radius 1 is 1.19 bits per heavy atom. The average molecular weight is 284 g/mol. The molecule has 110 valence electrons. The molecule has 2 aromatic rings. The van der Waals surface area contributed by atoms with E-state index in [0.717, 1.165) is 22.5 Å². The fourth-order valence-corrected chi connectivity index (χ4v) is 2.30. The van der Waals surface area contributed by atoms with Crippen molar-refractivity contribution in [3.8, 4) is 5.75 Å². The van der Waals surface area contributed by atoms with Gasteiger partial charge in [0.25, 0.3) is 5.91 Å². The number of benzene rings is 1. The Labute approximate surface area is 125 Å². The lowest BCUT2D eigenvalue weighted by molar-refractivity contribution is 0.102. The molecule has 1 heterocycles. The second-order valence-electron chi connectivity index (χ2n) is 5.13. The van der Waals surface area contributed by atoms with Gasteiger partial charge in [-0.15, -0.1) is 0 Å². The van der Waals surface area contributed by atoms with Crippen LogP contribution >= 0.6 is 0 Å². The highest BCUT2D eigenvalue weighted by Crippen LogP contribution is 2.25. The zero-order chi connectivity index (χ0) is 15.6. The third kappa shape index (κ3) is 3.05. The van der Waals surface area contributed by atoms with E-state index in [0.29, 0.717) is 17.0 Å². The number of pyridine rings is 1. The Morgan fingerprint density at radius 2 is 1.90 bits per heavy atom. The highest BCUT2D eigenvalue weighted by Gasteiger charge is 2.18. The maximum Gasteiger partial charge on any atom is 0.261 e. The maximum absolute atomic E-state index is 12.6. The summed E-state index contributed by atoms with van der Waals surface area (Å²) in [5.41, 5.74) is 4.97. The topological polar surface area (TPSA) is 51.2 Å². The lowest BCUT2D eigenvalue weighted by atomic mass is 10.1. The molecule has 0 unspecified atom stereocenters. The van der Waals surface area contributed by atoms with Crippen LogP contribution < -0.4 is 10.1 Å². The average Bonchev–Trinajstić information content (AvgIpc) is 2.42. The molecule has 0 radical (unpaired) electrons. The molecular weight excluding hydrogens is 264 g/mol. The van der Waals surface area contributed by atoms with E-state index in [1.54, 1.807) is 13.2 Å². The Balaban J connectivity index is 2.39. The first-order valence-electron chi connectivity index (χ1n) is 6.84. The molecule has 0 spiro atoms. The fraction of sp³-hybridized carbons (Fsp3) is 0.294. The Kier molecular flexibility index (Phi) is 4.26. The van der Waals surface area contributed by atoms with Gasteiger partial charge in [0.05, 0.1) is 12.8 Å². The van der Waals surface area contributed by atoms with Gasteiger partial charge in [0.1, 0.15) is 11.3 Å². The van der Waals surface area contributed by atoms with Crippen LogP contribution in [0.2, 0.25) is 0 Å². The van der Waals surface area contributed by atoms with E-state index < -0.39 is 0 Å². The number of rotatable bonds is 3. The second kappa shape index (κ2) is 5.95. The SMILES string of the molecule is COc1cc(C)nc(C)c1C(=O)Nc1cccc(C)c1C. The molecule has 21 heavy (non-hydrogen) atoms. The number of carbonyl (C=O) groups is 1. The molecule has 4 nitrogen and oxygen atoms in total. The number of carbonyl (C=O) groups excluding carboxylic acids is 1. The molecule has 1 aromatic carbocycles. The first-order chi connectivity index (χ1) is 9.93. The molecule has 0 saturated heterocycles. The molecule has 0 atom stereocenters. The molecular formula is C17H20N2O2. The minimum atomic E-state index is -0.203. The van der Waals surface area contributed by atoms with Crippen LogP contribution in [0.4, 0.5) is 5.69 Å².